The van der Waals surface area contributed by atoms with Crippen LogP contribution in [-0.4, -0.2) is 29.8 Å². The van der Waals surface area contributed by atoms with Gasteiger partial charge in [0.05, 0.1) is 12.2 Å². The molecule has 1 aliphatic rings. The molecular formula is C15H24N2O2. The predicted octanol–water partition coefficient (Wildman–Crippen LogP) is 2.50. The summed E-state index contributed by atoms with van der Waals surface area (Å²) in [6, 6.07) is 5.50. The Balaban J connectivity index is 2.45. The third kappa shape index (κ3) is 2.50. The van der Waals surface area contributed by atoms with E-state index in [-0.39, 0.29) is 17.4 Å². The van der Waals surface area contributed by atoms with Crippen LogP contribution in [0.4, 0.5) is 5.69 Å². The molecule has 0 radical (unpaired) electrons. The number of anilines is 1. The standard InChI is InChI=1S/C15H24N2O2/c1-4-15(5-2)10-17(11(3)9-16)13-8-12(18)6-7-14(13)19-15/h6-8,11,18H,4-5,9-10,16H2,1-3H3. The minimum atomic E-state index is -0.159. The van der Waals surface area contributed by atoms with Crippen molar-refractivity contribution in [3.8, 4) is 11.5 Å². The summed E-state index contributed by atoms with van der Waals surface area (Å²) in [5.74, 6) is 1.10. The average Bonchev–Trinajstić information content (AvgIpc) is 2.45. The molecule has 0 saturated carbocycles. The van der Waals surface area contributed by atoms with Crippen molar-refractivity contribution in [1.29, 1.82) is 0 Å². The highest BCUT2D eigenvalue weighted by Gasteiger charge is 2.38. The van der Waals surface area contributed by atoms with Crippen LogP contribution in [0.25, 0.3) is 0 Å². The zero-order chi connectivity index (χ0) is 14.0. The molecule has 4 heteroatoms. The van der Waals surface area contributed by atoms with Crippen molar-refractivity contribution in [2.24, 2.45) is 5.73 Å². The second kappa shape index (κ2) is 5.29. The van der Waals surface area contributed by atoms with Crippen molar-refractivity contribution < 1.29 is 9.84 Å². The van der Waals surface area contributed by atoms with Crippen LogP contribution >= 0.6 is 0 Å². The van der Waals surface area contributed by atoms with Crippen LogP contribution in [0.15, 0.2) is 18.2 Å². The maximum atomic E-state index is 9.69. The second-order valence-corrected chi connectivity index (χ2v) is 5.36. The van der Waals surface area contributed by atoms with Crippen molar-refractivity contribution in [2.45, 2.75) is 45.3 Å². The van der Waals surface area contributed by atoms with E-state index in [0.717, 1.165) is 30.8 Å². The number of hydrogen-bond donors (Lipinski definition) is 2. The zero-order valence-corrected chi connectivity index (χ0v) is 12.0. The summed E-state index contributed by atoms with van der Waals surface area (Å²) in [4.78, 5) is 2.26. The normalized spacial score (nSPS) is 18.6. The molecule has 0 spiro atoms. The molecule has 0 aliphatic carbocycles. The molecule has 1 aromatic carbocycles. The number of benzene rings is 1. The number of aromatic hydroxyl groups is 1. The Labute approximate surface area is 115 Å². The number of rotatable bonds is 4. The third-order valence-electron chi connectivity index (χ3n) is 4.20. The van der Waals surface area contributed by atoms with Gasteiger partial charge in [0, 0.05) is 18.7 Å². The van der Waals surface area contributed by atoms with E-state index in [9.17, 15) is 5.11 Å². The molecule has 0 fully saturated rings. The zero-order valence-electron chi connectivity index (χ0n) is 12.0. The molecule has 0 saturated heterocycles. The van der Waals surface area contributed by atoms with Gasteiger partial charge >= 0.3 is 0 Å². The molecule has 0 amide bonds. The highest BCUT2D eigenvalue weighted by molar-refractivity contribution is 5.64. The first-order valence-electron chi connectivity index (χ1n) is 7.04. The fourth-order valence-corrected chi connectivity index (χ4v) is 2.62. The van der Waals surface area contributed by atoms with Gasteiger partial charge in [-0.15, -0.1) is 0 Å². The van der Waals surface area contributed by atoms with Crippen LogP contribution in [0.1, 0.15) is 33.6 Å². The lowest BCUT2D eigenvalue weighted by atomic mass is 9.93. The second-order valence-electron chi connectivity index (χ2n) is 5.36. The molecule has 106 valence electrons. The summed E-state index contributed by atoms with van der Waals surface area (Å²) in [6.07, 6.45) is 1.91. The number of ether oxygens (including phenoxy) is 1. The first kappa shape index (κ1) is 14.0. The van der Waals surface area contributed by atoms with Crippen LogP contribution in [0.3, 0.4) is 0 Å². The van der Waals surface area contributed by atoms with Gasteiger partial charge in [-0.05, 0) is 31.9 Å². The lowest BCUT2D eigenvalue weighted by Gasteiger charge is -2.46. The fraction of sp³-hybridized carbons (Fsp3) is 0.600. The Hall–Kier alpha value is -1.42. The molecule has 1 atom stereocenters. The van der Waals surface area contributed by atoms with Crippen LogP contribution in [0.2, 0.25) is 0 Å². The van der Waals surface area contributed by atoms with Gasteiger partial charge in [0.2, 0.25) is 0 Å². The van der Waals surface area contributed by atoms with Gasteiger partial charge in [-0.1, -0.05) is 13.8 Å². The summed E-state index contributed by atoms with van der Waals surface area (Å²) >= 11 is 0. The van der Waals surface area contributed by atoms with Crippen molar-refractivity contribution in [3.05, 3.63) is 18.2 Å². The summed E-state index contributed by atoms with van der Waals surface area (Å²) in [7, 11) is 0. The lowest BCUT2D eigenvalue weighted by molar-refractivity contribution is 0.0553. The van der Waals surface area contributed by atoms with Crippen molar-refractivity contribution in [3.63, 3.8) is 0 Å². The topological polar surface area (TPSA) is 58.7 Å². The average molecular weight is 264 g/mol. The van der Waals surface area contributed by atoms with Gasteiger partial charge in [0.1, 0.15) is 17.1 Å². The maximum Gasteiger partial charge on any atom is 0.143 e. The highest BCUT2D eigenvalue weighted by Crippen LogP contribution is 2.42. The maximum absolute atomic E-state index is 9.69. The van der Waals surface area contributed by atoms with Gasteiger partial charge < -0.3 is 20.5 Å². The Kier molecular flexibility index (Phi) is 3.90. The molecule has 0 aromatic heterocycles. The predicted molar refractivity (Wildman–Crippen MR) is 77.9 cm³/mol. The van der Waals surface area contributed by atoms with E-state index in [1.807, 2.05) is 6.07 Å². The van der Waals surface area contributed by atoms with E-state index in [1.165, 1.54) is 0 Å². The summed E-state index contributed by atoms with van der Waals surface area (Å²) in [5.41, 5.74) is 6.61. The van der Waals surface area contributed by atoms with E-state index < -0.39 is 0 Å². The fourth-order valence-electron chi connectivity index (χ4n) is 2.62. The summed E-state index contributed by atoms with van der Waals surface area (Å²) < 4.78 is 6.20. The van der Waals surface area contributed by atoms with Crippen molar-refractivity contribution >= 4 is 5.69 Å². The number of fused-ring (bicyclic) bond motifs is 1. The molecule has 3 N–H and O–H groups in total. The Morgan fingerprint density at radius 3 is 2.68 bits per heavy atom. The number of phenols is 1. The minimum absolute atomic E-state index is 0.159. The summed E-state index contributed by atoms with van der Waals surface area (Å²) in [6.45, 7) is 7.81. The van der Waals surface area contributed by atoms with Crippen molar-refractivity contribution in [2.75, 3.05) is 18.0 Å². The first-order chi connectivity index (χ1) is 9.05. The van der Waals surface area contributed by atoms with Crippen LogP contribution in [0.5, 0.6) is 11.5 Å². The van der Waals surface area contributed by atoms with E-state index >= 15 is 0 Å². The number of nitrogens with two attached hydrogens (primary N) is 1. The van der Waals surface area contributed by atoms with Gasteiger partial charge in [-0.3, -0.25) is 0 Å². The molecule has 19 heavy (non-hydrogen) atoms. The van der Waals surface area contributed by atoms with Gasteiger partial charge in [0.15, 0.2) is 0 Å². The number of nitrogens with zero attached hydrogens (tertiary/aromatic N) is 1. The third-order valence-corrected chi connectivity index (χ3v) is 4.20. The summed E-state index contributed by atoms with van der Waals surface area (Å²) in [5, 5.41) is 9.69. The number of hydrogen-bond acceptors (Lipinski definition) is 4. The van der Waals surface area contributed by atoms with Crippen LogP contribution in [-0.2, 0) is 0 Å². The van der Waals surface area contributed by atoms with E-state index in [1.54, 1.807) is 12.1 Å². The SMILES string of the molecule is CCC1(CC)CN(C(C)CN)c2cc(O)ccc2O1. The molecule has 1 aromatic rings. The molecule has 2 rings (SSSR count). The van der Waals surface area contributed by atoms with Crippen LogP contribution < -0.4 is 15.4 Å². The molecule has 1 aliphatic heterocycles. The Morgan fingerprint density at radius 2 is 2.11 bits per heavy atom. The van der Waals surface area contributed by atoms with E-state index in [0.29, 0.717) is 6.54 Å². The molecule has 0 bridgehead atoms. The molecule has 1 unspecified atom stereocenters. The first-order valence-corrected chi connectivity index (χ1v) is 7.04. The monoisotopic (exact) mass is 264 g/mol. The van der Waals surface area contributed by atoms with Gasteiger partial charge in [-0.25, -0.2) is 0 Å². The van der Waals surface area contributed by atoms with Crippen molar-refractivity contribution in [1.82, 2.24) is 0 Å². The quantitative estimate of drug-likeness (QED) is 0.877. The van der Waals surface area contributed by atoms with E-state index in [4.69, 9.17) is 10.5 Å². The van der Waals surface area contributed by atoms with Crippen LogP contribution in [0, 0.1) is 0 Å². The van der Waals surface area contributed by atoms with Gasteiger partial charge in [0.25, 0.3) is 0 Å². The minimum Gasteiger partial charge on any atom is -0.508 e. The Morgan fingerprint density at radius 1 is 1.42 bits per heavy atom. The highest BCUT2D eigenvalue weighted by atomic mass is 16.5. The molecule has 4 nitrogen and oxygen atoms in total. The lowest BCUT2D eigenvalue weighted by Crippen LogP contribution is -2.54. The number of phenolic OH excluding ortho intramolecular Hbond substituents is 1. The Bertz CT molecular complexity index is 444. The molecule has 1 heterocycles. The van der Waals surface area contributed by atoms with Gasteiger partial charge in [-0.2, -0.15) is 0 Å². The molecular weight excluding hydrogens is 240 g/mol. The largest absolute Gasteiger partial charge is 0.508 e. The van der Waals surface area contributed by atoms with E-state index in [2.05, 4.69) is 25.7 Å². The smallest absolute Gasteiger partial charge is 0.143 e.